The van der Waals surface area contributed by atoms with Crippen LogP contribution in [-0.2, 0) is 4.79 Å². The van der Waals surface area contributed by atoms with E-state index in [2.05, 4.69) is 6.92 Å². The molecule has 0 aliphatic heterocycles. The fourth-order valence-electron chi connectivity index (χ4n) is 4.41. The summed E-state index contributed by atoms with van der Waals surface area (Å²) in [4.78, 5) is 11.7. The normalized spacial score (nSPS) is 53.9. The van der Waals surface area contributed by atoms with Crippen molar-refractivity contribution in [3.8, 4) is 0 Å². The van der Waals surface area contributed by atoms with Crippen LogP contribution in [0.4, 0.5) is 0 Å². The zero-order valence-electron chi connectivity index (χ0n) is 8.33. The number of Topliss-reactive ketones (excluding diaryl/α,β-unsaturated/α-hetero) is 1. The van der Waals surface area contributed by atoms with E-state index in [-0.39, 0.29) is 0 Å². The summed E-state index contributed by atoms with van der Waals surface area (Å²) in [6.45, 7) is 2.40. The smallest absolute Gasteiger partial charge is 0.136 e. The lowest BCUT2D eigenvalue weighted by Crippen LogP contribution is -2.43. The summed E-state index contributed by atoms with van der Waals surface area (Å²) >= 11 is 0. The zero-order chi connectivity index (χ0) is 9.00. The fourth-order valence-corrected chi connectivity index (χ4v) is 4.41. The lowest BCUT2D eigenvalue weighted by molar-refractivity contribution is -0.127. The Morgan fingerprint density at radius 2 is 2.00 bits per heavy atom. The second-order valence-electron chi connectivity index (χ2n) is 5.41. The maximum absolute atomic E-state index is 11.7. The maximum atomic E-state index is 11.7. The van der Waals surface area contributed by atoms with Crippen LogP contribution in [0.2, 0.25) is 0 Å². The van der Waals surface area contributed by atoms with E-state index in [1.54, 1.807) is 0 Å². The lowest BCUT2D eigenvalue weighted by atomic mass is 9.56. The molecule has 0 aromatic rings. The van der Waals surface area contributed by atoms with E-state index >= 15 is 0 Å². The molecule has 4 rings (SSSR count). The molecule has 72 valence electrons. The van der Waals surface area contributed by atoms with E-state index in [9.17, 15) is 4.79 Å². The fraction of sp³-hybridized carbons (Fsp3) is 0.917. The molecule has 0 heterocycles. The molecule has 4 aliphatic carbocycles. The predicted octanol–water partition coefficient (Wildman–Crippen LogP) is 2.65. The minimum absolute atomic E-state index is 0.509. The van der Waals surface area contributed by atoms with Crippen LogP contribution in [0.3, 0.4) is 0 Å². The molecule has 2 bridgehead atoms. The van der Waals surface area contributed by atoms with Gasteiger partial charge in [0.15, 0.2) is 0 Å². The third kappa shape index (κ3) is 0.963. The lowest BCUT2D eigenvalue weighted by Gasteiger charge is -2.48. The molecule has 4 unspecified atom stereocenters. The summed E-state index contributed by atoms with van der Waals surface area (Å²) in [6, 6.07) is 0. The molecule has 0 spiro atoms. The van der Waals surface area contributed by atoms with Gasteiger partial charge in [0.1, 0.15) is 5.78 Å². The van der Waals surface area contributed by atoms with E-state index in [0.29, 0.717) is 11.7 Å². The number of ketones is 1. The van der Waals surface area contributed by atoms with Crippen molar-refractivity contribution >= 4 is 5.78 Å². The first-order valence-electron chi connectivity index (χ1n) is 5.80. The Balaban J connectivity index is 1.94. The standard InChI is InChI=1S/C12H18O/c1-7-6-8-2-3-9(7)10-4-5-11(13)12(8)10/h7-10,12H,2-6H2,1H3/t7-,8?,9?,10?,12?/m0/s1. The Hall–Kier alpha value is -0.330. The van der Waals surface area contributed by atoms with E-state index < -0.39 is 0 Å². The molecule has 4 saturated carbocycles. The van der Waals surface area contributed by atoms with Crippen LogP contribution in [0, 0.1) is 29.6 Å². The highest BCUT2D eigenvalue weighted by Crippen LogP contribution is 2.56. The van der Waals surface area contributed by atoms with Crippen LogP contribution in [0.5, 0.6) is 0 Å². The van der Waals surface area contributed by atoms with Crippen LogP contribution >= 0.6 is 0 Å². The summed E-state index contributed by atoms with van der Waals surface area (Å²) in [5.41, 5.74) is 0. The molecule has 1 heteroatoms. The van der Waals surface area contributed by atoms with Crippen molar-refractivity contribution in [3.63, 3.8) is 0 Å². The Labute approximate surface area is 79.9 Å². The topological polar surface area (TPSA) is 17.1 Å². The van der Waals surface area contributed by atoms with Crippen molar-refractivity contribution in [2.75, 3.05) is 0 Å². The Bertz CT molecular complexity index is 246. The van der Waals surface area contributed by atoms with Crippen molar-refractivity contribution in [2.24, 2.45) is 29.6 Å². The van der Waals surface area contributed by atoms with Crippen molar-refractivity contribution in [1.29, 1.82) is 0 Å². The molecule has 0 aromatic carbocycles. The van der Waals surface area contributed by atoms with Gasteiger partial charge in [0, 0.05) is 12.3 Å². The molecule has 4 aliphatic rings. The Morgan fingerprint density at radius 3 is 2.77 bits per heavy atom. The van der Waals surface area contributed by atoms with Crippen molar-refractivity contribution < 1.29 is 4.79 Å². The van der Waals surface area contributed by atoms with E-state index in [1.807, 2.05) is 0 Å². The number of fused-ring (bicyclic) bond motifs is 2. The van der Waals surface area contributed by atoms with Crippen molar-refractivity contribution in [1.82, 2.24) is 0 Å². The highest BCUT2D eigenvalue weighted by atomic mass is 16.1. The van der Waals surface area contributed by atoms with E-state index in [1.165, 1.54) is 25.7 Å². The second kappa shape index (κ2) is 2.59. The van der Waals surface area contributed by atoms with Gasteiger partial charge in [0.05, 0.1) is 0 Å². The van der Waals surface area contributed by atoms with Gasteiger partial charge in [-0.3, -0.25) is 4.79 Å². The van der Waals surface area contributed by atoms with Crippen LogP contribution in [0.1, 0.15) is 39.0 Å². The van der Waals surface area contributed by atoms with Gasteiger partial charge in [-0.1, -0.05) is 6.92 Å². The van der Waals surface area contributed by atoms with Gasteiger partial charge in [0.2, 0.25) is 0 Å². The van der Waals surface area contributed by atoms with E-state index in [0.717, 1.165) is 30.1 Å². The molecule has 13 heavy (non-hydrogen) atoms. The highest BCUT2D eigenvalue weighted by molar-refractivity contribution is 5.84. The van der Waals surface area contributed by atoms with Gasteiger partial charge in [-0.2, -0.15) is 0 Å². The molecule has 0 aromatic heterocycles. The predicted molar refractivity (Wildman–Crippen MR) is 51.2 cm³/mol. The molecular weight excluding hydrogens is 160 g/mol. The third-order valence-corrected chi connectivity index (χ3v) is 4.89. The monoisotopic (exact) mass is 178 g/mol. The molecular formula is C12H18O. The van der Waals surface area contributed by atoms with Gasteiger partial charge in [-0.25, -0.2) is 0 Å². The summed E-state index contributed by atoms with van der Waals surface area (Å²) < 4.78 is 0. The Morgan fingerprint density at radius 1 is 1.15 bits per heavy atom. The van der Waals surface area contributed by atoms with Gasteiger partial charge in [-0.15, -0.1) is 0 Å². The average molecular weight is 178 g/mol. The quantitative estimate of drug-likeness (QED) is 0.557. The summed E-state index contributed by atoms with van der Waals surface area (Å²) in [6.07, 6.45) is 6.23. The molecule has 1 nitrogen and oxygen atoms in total. The molecule has 4 fully saturated rings. The van der Waals surface area contributed by atoms with Crippen LogP contribution < -0.4 is 0 Å². The molecule has 0 N–H and O–H groups in total. The molecule has 5 atom stereocenters. The molecule has 0 radical (unpaired) electrons. The SMILES string of the molecule is C[C@H]1CC2CCC1C1CCC(=O)C21. The molecule has 0 saturated heterocycles. The average Bonchev–Trinajstić information content (AvgIpc) is 2.50. The van der Waals surface area contributed by atoms with Crippen LogP contribution in [-0.4, -0.2) is 5.78 Å². The maximum Gasteiger partial charge on any atom is 0.136 e. The van der Waals surface area contributed by atoms with Gasteiger partial charge >= 0.3 is 0 Å². The highest BCUT2D eigenvalue weighted by Gasteiger charge is 2.52. The third-order valence-electron chi connectivity index (χ3n) is 4.89. The summed E-state index contributed by atoms with van der Waals surface area (Å²) in [5.74, 6) is 4.50. The number of carbonyl (C=O) groups is 1. The van der Waals surface area contributed by atoms with Crippen molar-refractivity contribution in [3.05, 3.63) is 0 Å². The summed E-state index contributed by atoms with van der Waals surface area (Å²) in [7, 11) is 0. The number of carbonyl (C=O) groups excluding carboxylic acids is 1. The minimum atomic E-state index is 0.509. The Kier molecular flexibility index (Phi) is 1.59. The number of hydrogen-bond donors (Lipinski definition) is 0. The van der Waals surface area contributed by atoms with Gasteiger partial charge in [0.25, 0.3) is 0 Å². The van der Waals surface area contributed by atoms with E-state index in [4.69, 9.17) is 0 Å². The minimum Gasteiger partial charge on any atom is -0.299 e. The first-order chi connectivity index (χ1) is 6.27. The summed E-state index contributed by atoms with van der Waals surface area (Å²) in [5, 5.41) is 0. The number of rotatable bonds is 0. The first-order valence-corrected chi connectivity index (χ1v) is 5.80. The van der Waals surface area contributed by atoms with Gasteiger partial charge in [-0.05, 0) is 49.4 Å². The zero-order valence-corrected chi connectivity index (χ0v) is 8.33. The van der Waals surface area contributed by atoms with Crippen molar-refractivity contribution in [2.45, 2.75) is 39.0 Å². The van der Waals surface area contributed by atoms with Crippen LogP contribution in [0.15, 0.2) is 0 Å². The molecule has 0 amide bonds. The second-order valence-corrected chi connectivity index (χ2v) is 5.41. The first kappa shape index (κ1) is 8.02. The van der Waals surface area contributed by atoms with Crippen LogP contribution in [0.25, 0.3) is 0 Å². The largest absolute Gasteiger partial charge is 0.299 e. The number of hydrogen-bond acceptors (Lipinski definition) is 1. The van der Waals surface area contributed by atoms with Gasteiger partial charge < -0.3 is 0 Å².